The molecule has 0 bridgehead atoms. The Morgan fingerprint density at radius 3 is 2.06 bits per heavy atom. The van der Waals surface area contributed by atoms with E-state index >= 15 is 0 Å². The fourth-order valence-corrected chi connectivity index (χ4v) is 8.29. The predicted octanol–water partition coefficient (Wildman–Crippen LogP) is 16.5. The Labute approximate surface area is 414 Å². The molecular formula is C60H56IrN2O-2. The molecule has 4 heteroatoms. The average molecular weight is 1030 g/mol. The topological polar surface area (TPSA) is 38.9 Å². The van der Waals surface area contributed by atoms with Crippen molar-refractivity contribution in [1.82, 2.24) is 9.97 Å². The summed E-state index contributed by atoms with van der Waals surface area (Å²) in [6.45, 7) is -4.81. The van der Waals surface area contributed by atoms with Crippen molar-refractivity contribution < 1.29 is 45.1 Å². The third-order valence-corrected chi connectivity index (χ3v) is 11.4. The molecule has 0 atom stereocenters. The Hall–Kier alpha value is -5.93. The Morgan fingerprint density at radius 1 is 0.656 bits per heavy atom. The van der Waals surface area contributed by atoms with Crippen LogP contribution in [0.25, 0.3) is 77.8 Å². The second kappa shape index (κ2) is 19.0. The first-order valence-corrected chi connectivity index (χ1v) is 21.2. The number of aromatic nitrogens is 2. The summed E-state index contributed by atoms with van der Waals surface area (Å²) in [5, 5.41) is 1.68. The number of pyridine rings is 2. The molecule has 0 unspecified atom stereocenters. The summed E-state index contributed by atoms with van der Waals surface area (Å²) in [5.41, 5.74) is 5.77. The van der Waals surface area contributed by atoms with Crippen LogP contribution >= 0.6 is 0 Å². The standard InChI is InChI=1S/C37H32NO.C23H24N.Ir/c1-23-20-33(24(2)19-32(23)28-17-15-27(16-18-28)26-9-4-5-10-26)34-21-35(38-22-25(34)3)31-13-8-12-30-29-11-6-7-14-36(29)39-37(30)31;1-17-10-12-20(14-21(17)19-8-6-5-7-9-19)22-13-11-18(16-24-22)15-23(2,3)4;/h6-8,11-12,14-22,26H,4-5,9-10H2,1-3H3;5-11,13-14,16H,15H2,1-4H3;/q2*-1;/i1D3,2D3,3D3,26D;1D3,15D2;. The largest absolute Gasteiger partial charge is 0.501 e. The van der Waals surface area contributed by atoms with Crippen LogP contribution in [0.3, 0.4) is 0 Å². The quantitative estimate of drug-likeness (QED) is 0.149. The zero-order chi connectivity index (χ0) is 56.4. The maximum absolute atomic E-state index is 8.88. The van der Waals surface area contributed by atoms with Gasteiger partial charge in [0.1, 0.15) is 5.58 Å². The Morgan fingerprint density at radius 2 is 1.33 bits per heavy atom. The van der Waals surface area contributed by atoms with Gasteiger partial charge in [0.25, 0.3) is 0 Å². The average Bonchev–Trinajstić information content (AvgIpc) is 4.12. The van der Waals surface area contributed by atoms with Crippen molar-refractivity contribution in [1.29, 1.82) is 0 Å². The minimum Gasteiger partial charge on any atom is -0.501 e. The number of benzene rings is 6. The summed E-state index contributed by atoms with van der Waals surface area (Å²) in [6, 6.07) is 44.7. The van der Waals surface area contributed by atoms with Crippen LogP contribution in [0.15, 0.2) is 150 Å². The second-order valence-electron chi connectivity index (χ2n) is 17.0. The van der Waals surface area contributed by atoms with Gasteiger partial charge in [0, 0.05) is 58.4 Å². The van der Waals surface area contributed by atoms with Gasteiger partial charge in [-0.1, -0.05) is 160 Å². The van der Waals surface area contributed by atoms with Gasteiger partial charge in [-0.15, -0.1) is 47.5 Å². The minimum absolute atomic E-state index is 0. The fourth-order valence-electron chi connectivity index (χ4n) is 8.29. The normalized spacial score (nSPS) is 17.8. The van der Waals surface area contributed by atoms with E-state index in [2.05, 4.69) is 22.1 Å². The van der Waals surface area contributed by atoms with Crippen molar-refractivity contribution in [2.45, 2.75) is 86.1 Å². The van der Waals surface area contributed by atoms with Gasteiger partial charge >= 0.3 is 0 Å². The Bertz CT molecular complexity index is 3640. The van der Waals surface area contributed by atoms with E-state index in [9.17, 15) is 0 Å². The number of nitrogens with zero attached hydrogens (tertiary/aromatic N) is 2. The van der Waals surface area contributed by atoms with Crippen molar-refractivity contribution in [3.8, 4) is 55.9 Å². The minimum atomic E-state index is -2.74. The van der Waals surface area contributed by atoms with Crippen molar-refractivity contribution >= 4 is 21.9 Å². The van der Waals surface area contributed by atoms with E-state index in [1.165, 1.54) is 30.5 Å². The van der Waals surface area contributed by atoms with E-state index in [-0.39, 0.29) is 64.7 Å². The van der Waals surface area contributed by atoms with Gasteiger partial charge in [0.15, 0.2) is 0 Å². The molecule has 9 aromatic rings. The number of para-hydroxylation sites is 1. The van der Waals surface area contributed by atoms with E-state index in [1.54, 1.807) is 42.6 Å². The first kappa shape index (κ1) is 29.5. The molecule has 10 rings (SSSR count). The number of fused-ring (bicyclic) bond motifs is 3. The molecule has 1 fully saturated rings. The van der Waals surface area contributed by atoms with E-state index in [0.29, 0.717) is 44.7 Å². The van der Waals surface area contributed by atoms with E-state index < -0.39 is 45.1 Å². The van der Waals surface area contributed by atoms with Crippen LogP contribution in [0.5, 0.6) is 0 Å². The number of aryl methyl sites for hydroxylation is 4. The van der Waals surface area contributed by atoms with Crippen molar-refractivity contribution in [2.24, 2.45) is 5.41 Å². The summed E-state index contributed by atoms with van der Waals surface area (Å²) in [4.78, 5) is 8.92. The van der Waals surface area contributed by atoms with Crippen molar-refractivity contribution in [3.63, 3.8) is 0 Å². The van der Waals surface area contributed by atoms with Crippen LogP contribution < -0.4 is 0 Å². The second-order valence-corrected chi connectivity index (χ2v) is 17.0. The molecule has 3 aromatic heterocycles. The molecule has 0 N–H and O–H groups in total. The van der Waals surface area contributed by atoms with E-state index in [4.69, 9.17) is 25.0 Å². The smallest absolute Gasteiger partial charge is 0.120 e. The third kappa shape index (κ3) is 9.60. The van der Waals surface area contributed by atoms with Crippen LogP contribution in [0.2, 0.25) is 0 Å². The van der Waals surface area contributed by atoms with Gasteiger partial charge in [-0.25, -0.2) is 0 Å². The molecule has 3 nitrogen and oxygen atoms in total. The van der Waals surface area contributed by atoms with Crippen molar-refractivity contribution in [3.05, 3.63) is 191 Å². The third-order valence-electron chi connectivity index (χ3n) is 11.4. The molecule has 6 aromatic carbocycles. The molecule has 1 radical (unpaired) electrons. The SMILES string of the molecule is [2H]C([2H])([2H])c1c[c-]c(-c2ccc(C([2H])([2H])C(C)(C)C)cn2)cc1-c1ccccc1.[2H]C([2H])([2H])c1cc(-c2cc(-c3[c-]ccc4c3oc3ccccc34)ncc2C([2H])([2H])[2H])c(C([2H])([2H])[2H])cc1-c1ccc(C2([2H])CCCC2)cc1.[Ir]. The van der Waals surface area contributed by atoms with Gasteiger partial charge in [-0.3, -0.25) is 0 Å². The van der Waals surface area contributed by atoms with Crippen LogP contribution in [0, 0.1) is 45.0 Å². The fraction of sp³-hybridized carbons (Fsp3) is 0.233. The molecule has 0 amide bonds. The molecule has 323 valence electrons. The van der Waals surface area contributed by atoms with Crippen LogP contribution in [-0.4, -0.2) is 9.97 Å². The van der Waals surface area contributed by atoms with Crippen LogP contribution in [0.1, 0.15) is 106 Å². The molecule has 0 saturated heterocycles. The molecule has 64 heavy (non-hydrogen) atoms. The van der Waals surface area contributed by atoms with Crippen molar-refractivity contribution in [2.75, 3.05) is 0 Å². The zero-order valence-electron chi connectivity index (χ0n) is 50.8. The zero-order valence-corrected chi connectivity index (χ0v) is 38.2. The Balaban J connectivity index is 0.000000234. The summed E-state index contributed by atoms with van der Waals surface area (Å²) >= 11 is 0. The Kier molecular flexibility index (Phi) is 8.78. The van der Waals surface area contributed by atoms with Gasteiger partial charge in [-0.2, -0.15) is 0 Å². The monoisotopic (exact) mass is 1030 g/mol. The number of hydrogen-bond donors (Lipinski definition) is 0. The first-order chi connectivity index (χ1) is 36.5. The molecule has 1 saturated carbocycles. The van der Waals surface area contributed by atoms with Crippen LogP contribution in [-0.2, 0) is 26.5 Å². The van der Waals surface area contributed by atoms with Gasteiger partial charge < -0.3 is 14.4 Å². The van der Waals surface area contributed by atoms with Gasteiger partial charge in [0.2, 0.25) is 0 Å². The van der Waals surface area contributed by atoms with E-state index in [0.717, 1.165) is 47.6 Å². The summed E-state index contributed by atoms with van der Waals surface area (Å²) in [6.07, 6.45) is 4.64. The van der Waals surface area contributed by atoms with E-state index in [1.807, 2.05) is 93.6 Å². The van der Waals surface area contributed by atoms with Gasteiger partial charge in [-0.05, 0) is 124 Å². The maximum Gasteiger partial charge on any atom is 0.120 e. The number of furan rings is 1. The number of rotatable bonds is 7. The van der Waals surface area contributed by atoms with Gasteiger partial charge in [0.05, 0.1) is 5.58 Å². The molecule has 1 aliphatic rings. The van der Waals surface area contributed by atoms with Crippen LogP contribution in [0.4, 0.5) is 0 Å². The number of hydrogen-bond acceptors (Lipinski definition) is 3. The molecular weight excluding hydrogens is 957 g/mol. The molecule has 0 spiro atoms. The first-order valence-electron chi connectivity index (χ1n) is 28.7. The summed E-state index contributed by atoms with van der Waals surface area (Å²) < 4.78 is 131. The summed E-state index contributed by atoms with van der Waals surface area (Å²) in [7, 11) is 0. The summed E-state index contributed by atoms with van der Waals surface area (Å²) in [5.74, 6) is -0.700. The molecule has 1 aliphatic carbocycles. The maximum atomic E-state index is 8.88. The molecule has 3 heterocycles. The molecule has 0 aliphatic heterocycles. The predicted molar refractivity (Wildman–Crippen MR) is 264 cm³/mol.